The Balaban J connectivity index is 1.68. The SMILES string of the molecule is CN(C)c1cc(CN2CCCC2)c(O)c2c1CC1CC3CC(=O)C(C(N)=O)=C(O)C3(O)C(=O)C1=C2O. The standard InChI is InChI=1S/C26H31N3O7/c1-28(2)16-9-13(11-29-5-3-4-6-29)21(31)19-15(16)8-12-7-14-10-17(30)20(25(27)35)24(34)26(14,36)23(33)18(12)22(19)32/h9,12,14,31-32,34,36H,3-8,10-11H2,1-2H3,(H2,27,35). The van der Waals surface area contributed by atoms with Crippen LogP contribution in [0.25, 0.3) is 5.76 Å². The van der Waals surface area contributed by atoms with Crippen molar-refractivity contribution in [3.05, 3.63) is 39.7 Å². The third-order valence-electron chi connectivity index (χ3n) is 8.19. The lowest BCUT2D eigenvalue weighted by Gasteiger charge is -2.46. The second-order valence-electron chi connectivity index (χ2n) is 10.5. The van der Waals surface area contributed by atoms with Crippen molar-refractivity contribution in [1.29, 1.82) is 0 Å². The van der Waals surface area contributed by atoms with E-state index in [1.54, 1.807) is 0 Å². The number of rotatable bonds is 4. The maximum absolute atomic E-state index is 13.7. The van der Waals surface area contributed by atoms with E-state index in [-0.39, 0.29) is 29.7 Å². The molecule has 1 amide bonds. The van der Waals surface area contributed by atoms with Crippen LogP contribution in [0.1, 0.15) is 42.4 Å². The minimum absolute atomic E-state index is 0.117. The highest BCUT2D eigenvalue weighted by Gasteiger charge is 2.60. The molecular formula is C26H31N3O7. The van der Waals surface area contributed by atoms with Crippen molar-refractivity contribution in [2.75, 3.05) is 32.1 Å². The molecule has 5 rings (SSSR count). The Morgan fingerprint density at radius 3 is 2.44 bits per heavy atom. The van der Waals surface area contributed by atoms with E-state index in [9.17, 15) is 34.8 Å². The first-order chi connectivity index (χ1) is 17.0. The van der Waals surface area contributed by atoms with Crippen LogP contribution in [0.5, 0.6) is 5.75 Å². The quantitative estimate of drug-likeness (QED) is 0.383. The summed E-state index contributed by atoms with van der Waals surface area (Å²) in [5, 5.41) is 44.8. The summed E-state index contributed by atoms with van der Waals surface area (Å²) in [4.78, 5) is 42.1. The lowest BCUT2D eigenvalue weighted by Crippen LogP contribution is -2.58. The fourth-order valence-electron chi connectivity index (χ4n) is 6.42. The number of benzene rings is 1. The van der Waals surface area contributed by atoms with Gasteiger partial charge in [-0.15, -0.1) is 0 Å². The fourth-order valence-corrected chi connectivity index (χ4v) is 6.42. The number of phenols is 1. The topological polar surface area (TPSA) is 165 Å². The van der Waals surface area contributed by atoms with E-state index in [2.05, 4.69) is 4.90 Å². The van der Waals surface area contributed by atoms with E-state index in [4.69, 9.17) is 5.73 Å². The predicted molar refractivity (Wildman–Crippen MR) is 130 cm³/mol. The minimum Gasteiger partial charge on any atom is -0.508 e. The third-order valence-corrected chi connectivity index (χ3v) is 8.19. The molecule has 4 aliphatic rings. The number of nitrogens with zero attached hydrogens (tertiary/aromatic N) is 2. The normalized spacial score (nSPS) is 28.2. The smallest absolute Gasteiger partial charge is 0.255 e. The predicted octanol–water partition coefficient (Wildman–Crippen LogP) is 1.09. The molecule has 3 atom stereocenters. The molecule has 1 saturated carbocycles. The maximum atomic E-state index is 13.7. The van der Waals surface area contributed by atoms with E-state index >= 15 is 0 Å². The molecule has 1 aromatic carbocycles. The van der Waals surface area contributed by atoms with Crippen molar-refractivity contribution in [3.63, 3.8) is 0 Å². The Labute approximate surface area is 208 Å². The number of fused-ring (bicyclic) bond motifs is 3. The summed E-state index contributed by atoms with van der Waals surface area (Å²) in [6, 6.07) is 1.91. The average Bonchev–Trinajstić information content (AvgIpc) is 3.30. The number of likely N-dealkylation sites (tertiary alicyclic amines) is 1. The van der Waals surface area contributed by atoms with Gasteiger partial charge in [0.15, 0.2) is 11.4 Å². The van der Waals surface area contributed by atoms with Crippen LogP contribution in [-0.2, 0) is 27.3 Å². The van der Waals surface area contributed by atoms with E-state index < -0.39 is 52.0 Å². The molecule has 3 aliphatic carbocycles. The third kappa shape index (κ3) is 3.35. The van der Waals surface area contributed by atoms with Gasteiger partial charge in [0.05, 0.1) is 5.56 Å². The number of nitrogens with two attached hydrogens (primary N) is 1. The summed E-state index contributed by atoms with van der Waals surface area (Å²) in [6.45, 7) is 2.30. The number of amides is 1. The summed E-state index contributed by atoms with van der Waals surface area (Å²) in [5.41, 5.74) is 4.01. The molecule has 0 radical (unpaired) electrons. The molecular weight excluding hydrogens is 466 g/mol. The monoisotopic (exact) mass is 497 g/mol. The highest BCUT2D eigenvalue weighted by atomic mass is 16.3. The number of carbonyl (C=O) groups is 3. The largest absolute Gasteiger partial charge is 0.508 e. The second-order valence-corrected chi connectivity index (χ2v) is 10.5. The summed E-state index contributed by atoms with van der Waals surface area (Å²) < 4.78 is 0. The van der Waals surface area contributed by atoms with Crippen molar-refractivity contribution in [2.24, 2.45) is 17.6 Å². The molecule has 10 heteroatoms. The Hall–Kier alpha value is -3.37. The number of hydrogen-bond acceptors (Lipinski definition) is 9. The number of phenolic OH excluding ortho intramolecular Hbond substituents is 1. The maximum Gasteiger partial charge on any atom is 0.255 e. The van der Waals surface area contributed by atoms with Gasteiger partial charge in [0, 0.05) is 49.8 Å². The highest BCUT2D eigenvalue weighted by Crippen LogP contribution is 2.53. The minimum atomic E-state index is -2.55. The van der Waals surface area contributed by atoms with Crippen molar-refractivity contribution < 1.29 is 34.8 Å². The Morgan fingerprint density at radius 2 is 1.83 bits per heavy atom. The fraction of sp³-hybridized carbons (Fsp3) is 0.500. The van der Waals surface area contributed by atoms with Crippen LogP contribution in [0.2, 0.25) is 0 Å². The van der Waals surface area contributed by atoms with Gasteiger partial charge >= 0.3 is 0 Å². The molecule has 6 N–H and O–H groups in total. The van der Waals surface area contributed by atoms with Gasteiger partial charge < -0.3 is 31.1 Å². The lowest BCUT2D eigenvalue weighted by molar-refractivity contribution is -0.147. The molecule has 0 spiro atoms. The average molecular weight is 498 g/mol. The lowest BCUT2D eigenvalue weighted by atomic mass is 9.59. The first-order valence-corrected chi connectivity index (χ1v) is 12.2. The Kier molecular flexibility index (Phi) is 5.64. The van der Waals surface area contributed by atoms with Crippen molar-refractivity contribution in [1.82, 2.24) is 4.90 Å². The zero-order chi connectivity index (χ0) is 26.1. The van der Waals surface area contributed by atoms with E-state index in [0.717, 1.165) is 31.6 Å². The molecule has 10 nitrogen and oxygen atoms in total. The van der Waals surface area contributed by atoms with Gasteiger partial charge in [0.25, 0.3) is 5.91 Å². The molecule has 192 valence electrons. The Morgan fingerprint density at radius 1 is 1.17 bits per heavy atom. The van der Waals surface area contributed by atoms with Crippen LogP contribution < -0.4 is 10.6 Å². The van der Waals surface area contributed by atoms with Gasteiger partial charge in [-0.25, -0.2) is 0 Å². The molecule has 36 heavy (non-hydrogen) atoms. The molecule has 1 aliphatic heterocycles. The molecule has 1 aromatic rings. The zero-order valence-electron chi connectivity index (χ0n) is 20.4. The second kappa shape index (κ2) is 8.35. The first kappa shape index (κ1) is 24.3. The number of aliphatic hydroxyl groups is 3. The summed E-state index contributed by atoms with van der Waals surface area (Å²) >= 11 is 0. The van der Waals surface area contributed by atoms with Gasteiger partial charge in [-0.3, -0.25) is 19.3 Å². The van der Waals surface area contributed by atoms with Crippen LogP contribution in [0.3, 0.4) is 0 Å². The number of hydrogen-bond donors (Lipinski definition) is 5. The van der Waals surface area contributed by atoms with Crippen LogP contribution in [0, 0.1) is 11.8 Å². The van der Waals surface area contributed by atoms with Crippen LogP contribution in [0.4, 0.5) is 5.69 Å². The number of Topliss-reactive ketones (excluding diaryl/α,β-unsaturated/α-hetero) is 2. The van der Waals surface area contributed by atoms with Gasteiger partial charge in [0.2, 0.25) is 5.78 Å². The van der Waals surface area contributed by atoms with Gasteiger partial charge in [-0.2, -0.15) is 0 Å². The van der Waals surface area contributed by atoms with Crippen LogP contribution in [0.15, 0.2) is 23.0 Å². The van der Waals surface area contributed by atoms with E-state index in [1.807, 2.05) is 25.1 Å². The first-order valence-electron chi connectivity index (χ1n) is 12.2. The van der Waals surface area contributed by atoms with E-state index in [0.29, 0.717) is 24.1 Å². The zero-order valence-corrected chi connectivity index (χ0v) is 20.4. The van der Waals surface area contributed by atoms with Gasteiger partial charge in [0.1, 0.15) is 22.8 Å². The molecule has 1 saturated heterocycles. The summed E-state index contributed by atoms with van der Waals surface area (Å²) in [6.07, 6.45) is 2.22. The number of aromatic hydroxyl groups is 1. The number of ketones is 2. The number of primary amides is 1. The molecule has 0 bridgehead atoms. The van der Waals surface area contributed by atoms with Gasteiger partial charge in [-0.05, 0) is 56.3 Å². The molecule has 3 unspecified atom stereocenters. The molecule has 2 fully saturated rings. The molecule has 1 heterocycles. The van der Waals surface area contributed by atoms with Crippen molar-refractivity contribution in [2.45, 2.75) is 44.2 Å². The summed E-state index contributed by atoms with van der Waals surface area (Å²) in [7, 11) is 3.72. The van der Waals surface area contributed by atoms with Crippen molar-refractivity contribution >= 4 is 28.9 Å². The number of aliphatic hydroxyl groups excluding tert-OH is 2. The number of carbonyl (C=O) groups excluding carboxylic acids is 3. The van der Waals surface area contributed by atoms with Crippen molar-refractivity contribution in [3.8, 4) is 5.75 Å². The van der Waals surface area contributed by atoms with E-state index in [1.165, 1.54) is 0 Å². The number of anilines is 1. The Bertz CT molecular complexity index is 1260. The molecule has 0 aromatic heterocycles. The van der Waals surface area contributed by atoms with Crippen LogP contribution in [-0.4, -0.2) is 75.6 Å². The summed E-state index contributed by atoms with van der Waals surface area (Å²) in [5.74, 6) is -6.10. The van der Waals surface area contributed by atoms with Gasteiger partial charge in [-0.1, -0.05) is 0 Å². The van der Waals surface area contributed by atoms with Crippen LogP contribution >= 0.6 is 0 Å². The highest BCUT2D eigenvalue weighted by molar-refractivity contribution is 6.22.